The first kappa shape index (κ1) is 23.5. The molecule has 0 radical (unpaired) electrons. The van der Waals surface area contributed by atoms with Gasteiger partial charge in [-0.3, -0.25) is 4.79 Å². The van der Waals surface area contributed by atoms with Crippen LogP contribution in [0.3, 0.4) is 0 Å². The van der Waals surface area contributed by atoms with Crippen LogP contribution in [0, 0.1) is 0 Å². The van der Waals surface area contributed by atoms with Gasteiger partial charge in [0, 0.05) is 24.3 Å². The Morgan fingerprint density at radius 2 is 1.85 bits per heavy atom. The van der Waals surface area contributed by atoms with E-state index in [4.69, 9.17) is 4.42 Å². The standard InChI is InChI=1S/C23H26N4O4S2/c1-2-17-9-11-19(12-10-17)24-21(28)16-32-23-26-25-22(31-23)18-7-6-8-20(15-18)33(29,30)27-13-4-3-5-14-27/h6-12,15H,2-5,13-14,16H2,1H3,(H,24,28). The Bertz CT molecular complexity index is 1200. The molecule has 1 aliphatic rings. The lowest BCUT2D eigenvalue weighted by Gasteiger charge is -2.25. The molecule has 1 aliphatic heterocycles. The molecule has 3 aromatic rings. The molecule has 1 aromatic heterocycles. The molecule has 1 amide bonds. The number of hydrogen-bond donors (Lipinski definition) is 1. The smallest absolute Gasteiger partial charge is 0.277 e. The van der Waals surface area contributed by atoms with Gasteiger partial charge in [0.25, 0.3) is 5.22 Å². The van der Waals surface area contributed by atoms with Gasteiger partial charge in [-0.15, -0.1) is 10.2 Å². The molecule has 1 saturated heterocycles. The number of aromatic nitrogens is 2. The summed E-state index contributed by atoms with van der Waals surface area (Å²) in [5.41, 5.74) is 2.46. The molecule has 0 unspecified atom stereocenters. The van der Waals surface area contributed by atoms with Crippen LogP contribution in [0.5, 0.6) is 0 Å². The van der Waals surface area contributed by atoms with Gasteiger partial charge >= 0.3 is 0 Å². The Kier molecular flexibility index (Phi) is 7.46. The largest absolute Gasteiger partial charge is 0.411 e. The normalized spacial score (nSPS) is 14.8. The van der Waals surface area contributed by atoms with E-state index in [2.05, 4.69) is 22.4 Å². The Balaban J connectivity index is 1.38. The fourth-order valence-electron chi connectivity index (χ4n) is 3.58. The van der Waals surface area contributed by atoms with Crippen LogP contribution in [0.15, 0.2) is 63.1 Å². The zero-order valence-electron chi connectivity index (χ0n) is 18.4. The number of hydrogen-bond acceptors (Lipinski definition) is 7. The highest BCUT2D eigenvalue weighted by Gasteiger charge is 2.26. The number of nitrogens with one attached hydrogen (secondary N) is 1. The number of aryl methyl sites for hydroxylation is 1. The van der Waals surface area contributed by atoms with Crippen molar-refractivity contribution in [2.24, 2.45) is 0 Å². The minimum atomic E-state index is -3.56. The van der Waals surface area contributed by atoms with Gasteiger partial charge in [-0.25, -0.2) is 8.42 Å². The van der Waals surface area contributed by atoms with E-state index in [0.29, 0.717) is 18.7 Å². The van der Waals surface area contributed by atoms with Crippen LogP contribution in [0.2, 0.25) is 0 Å². The van der Waals surface area contributed by atoms with Gasteiger partial charge in [-0.2, -0.15) is 4.31 Å². The van der Waals surface area contributed by atoms with Crippen molar-refractivity contribution in [1.29, 1.82) is 0 Å². The summed E-state index contributed by atoms with van der Waals surface area (Å²) in [7, 11) is -3.56. The van der Waals surface area contributed by atoms with E-state index in [0.717, 1.165) is 43.1 Å². The van der Waals surface area contributed by atoms with Gasteiger partial charge in [0.05, 0.1) is 10.6 Å². The number of benzene rings is 2. The number of thioether (sulfide) groups is 1. The highest BCUT2D eigenvalue weighted by molar-refractivity contribution is 7.99. The van der Waals surface area contributed by atoms with E-state index in [1.54, 1.807) is 24.3 Å². The summed E-state index contributed by atoms with van der Waals surface area (Å²) in [6.45, 7) is 3.16. The zero-order chi connectivity index (χ0) is 23.3. The van der Waals surface area contributed by atoms with Gasteiger partial charge < -0.3 is 9.73 Å². The molecule has 0 aliphatic carbocycles. The molecule has 2 heterocycles. The molecule has 4 rings (SSSR count). The number of anilines is 1. The second-order valence-corrected chi connectivity index (χ2v) is 10.6. The minimum Gasteiger partial charge on any atom is -0.411 e. The Morgan fingerprint density at radius 1 is 1.09 bits per heavy atom. The van der Waals surface area contributed by atoms with E-state index in [1.165, 1.54) is 9.87 Å². The molecule has 0 bridgehead atoms. The molecule has 0 saturated carbocycles. The van der Waals surface area contributed by atoms with Crippen molar-refractivity contribution < 1.29 is 17.6 Å². The maximum Gasteiger partial charge on any atom is 0.277 e. The summed E-state index contributed by atoms with van der Waals surface area (Å²) in [4.78, 5) is 12.4. The van der Waals surface area contributed by atoms with Crippen molar-refractivity contribution in [3.05, 3.63) is 54.1 Å². The van der Waals surface area contributed by atoms with E-state index in [1.807, 2.05) is 24.3 Å². The van der Waals surface area contributed by atoms with Crippen LogP contribution >= 0.6 is 11.8 Å². The molecule has 1 N–H and O–H groups in total. The van der Waals surface area contributed by atoms with Gasteiger partial charge in [0.1, 0.15) is 0 Å². The quantitative estimate of drug-likeness (QED) is 0.476. The first-order valence-corrected chi connectivity index (χ1v) is 13.3. The zero-order valence-corrected chi connectivity index (χ0v) is 20.0. The van der Waals surface area contributed by atoms with E-state index >= 15 is 0 Å². The third kappa shape index (κ3) is 5.82. The first-order chi connectivity index (χ1) is 16.0. The highest BCUT2D eigenvalue weighted by atomic mass is 32.2. The number of sulfonamides is 1. The lowest BCUT2D eigenvalue weighted by molar-refractivity contribution is -0.113. The maximum absolute atomic E-state index is 12.9. The Labute approximate surface area is 197 Å². The lowest BCUT2D eigenvalue weighted by atomic mass is 10.1. The average Bonchev–Trinajstić information content (AvgIpc) is 3.33. The van der Waals surface area contributed by atoms with Gasteiger partial charge in [-0.1, -0.05) is 43.3 Å². The number of piperidine rings is 1. The predicted molar refractivity (Wildman–Crippen MR) is 128 cm³/mol. The summed E-state index contributed by atoms with van der Waals surface area (Å²) >= 11 is 1.12. The molecular formula is C23H26N4O4S2. The van der Waals surface area contributed by atoms with Crippen molar-refractivity contribution in [2.75, 3.05) is 24.2 Å². The van der Waals surface area contributed by atoms with Crippen LogP contribution in [0.4, 0.5) is 5.69 Å². The Morgan fingerprint density at radius 3 is 2.58 bits per heavy atom. The molecule has 33 heavy (non-hydrogen) atoms. The predicted octanol–water partition coefficient (Wildman–Crippen LogP) is 4.20. The topological polar surface area (TPSA) is 105 Å². The lowest BCUT2D eigenvalue weighted by Crippen LogP contribution is -2.35. The van der Waals surface area contributed by atoms with E-state index in [9.17, 15) is 13.2 Å². The van der Waals surface area contributed by atoms with Crippen molar-refractivity contribution in [3.8, 4) is 11.5 Å². The molecule has 0 spiro atoms. The fourth-order valence-corrected chi connectivity index (χ4v) is 5.70. The molecule has 174 valence electrons. The van der Waals surface area contributed by atoms with Crippen molar-refractivity contribution in [3.63, 3.8) is 0 Å². The minimum absolute atomic E-state index is 0.112. The van der Waals surface area contributed by atoms with Crippen LogP contribution in [-0.4, -0.2) is 47.7 Å². The van der Waals surface area contributed by atoms with Gasteiger partial charge in [-0.05, 0) is 55.2 Å². The number of carbonyl (C=O) groups excluding carboxylic acids is 1. The highest BCUT2D eigenvalue weighted by Crippen LogP contribution is 2.27. The number of rotatable bonds is 8. The third-order valence-corrected chi connectivity index (χ3v) is 8.13. The number of carbonyl (C=O) groups is 1. The monoisotopic (exact) mass is 486 g/mol. The van der Waals surface area contributed by atoms with Crippen LogP contribution < -0.4 is 5.32 Å². The second-order valence-electron chi connectivity index (χ2n) is 7.75. The van der Waals surface area contributed by atoms with Crippen molar-refractivity contribution in [1.82, 2.24) is 14.5 Å². The van der Waals surface area contributed by atoms with E-state index < -0.39 is 10.0 Å². The third-order valence-electron chi connectivity index (χ3n) is 5.41. The second kappa shape index (κ2) is 10.5. The van der Waals surface area contributed by atoms with Crippen LogP contribution in [-0.2, 0) is 21.2 Å². The van der Waals surface area contributed by atoms with Gasteiger partial charge in [0.2, 0.25) is 21.8 Å². The fraction of sp³-hybridized carbons (Fsp3) is 0.348. The molecular weight excluding hydrogens is 460 g/mol. The summed E-state index contributed by atoms with van der Waals surface area (Å²) in [5.74, 6) is 0.142. The number of nitrogens with zero attached hydrogens (tertiary/aromatic N) is 3. The van der Waals surface area contributed by atoms with Crippen LogP contribution in [0.25, 0.3) is 11.5 Å². The summed E-state index contributed by atoms with van der Waals surface area (Å²) in [6.07, 6.45) is 3.75. The molecule has 2 aromatic carbocycles. The molecule has 10 heteroatoms. The maximum atomic E-state index is 12.9. The summed E-state index contributed by atoms with van der Waals surface area (Å²) in [5, 5.41) is 11.1. The molecule has 1 fully saturated rings. The van der Waals surface area contributed by atoms with E-state index in [-0.39, 0.29) is 27.7 Å². The van der Waals surface area contributed by atoms with Crippen molar-refractivity contribution in [2.45, 2.75) is 42.7 Å². The van der Waals surface area contributed by atoms with Crippen molar-refractivity contribution >= 4 is 33.4 Å². The summed E-state index contributed by atoms with van der Waals surface area (Å²) < 4.78 is 33.1. The summed E-state index contributed by atoms with van der Waals surface area (Å²) in [6, 6.07) is 14.2. The number of amides is 1. The first-order valence-electron chi connectivity index (χ1n) is 10.9. The SMILES string of the molecule is CCc1ccc(NC(=O)CSc2nnc(-c3cccc(S(=O)(=O)N4CCCCC4)c3)o2)cc1. The van der Waals surface area contributed by atoms with Crippen LogP contribution in [0.1, 0.15) is 31.7 Å². The Hall–Kier alpha value is -2.69. The average molecular weight is 487 g/mol. The van der Waals surface area contributed by atoms with Gasteiger partial charge in [0.15, 0.2) is 0 Å². The molecule has 8 nitrogen and oxygen atoms in total. The molecule has 0 atom stereocenters.